The summed E-state index contributed by atoms with van der Waals surface area (Å²) in [6, 6.07) is 14.9. The van der Waals surface area contributed by atoms with Gasteiger partial charge in [-0.15, -0.1) is 0 Å². The van der Waals surface area contributed by atoms with Gasteiger partial charge in [0, 0.05) is 16.4 Å². The summed E-state index contributed by atoms with van der Waals surface area (Å²) in [6.45, 7) is 3.77. The lowest BCUT2D eigenvalue weighted by atomic mass is 9.95. The van der Waals surface area contributed by atoms with E-state index in [0.29, 0.717) is 21.4 Å². The van der Waals surface area contributed by atoms with Crippen LogP contribution in [0.4, 0.5) is 5.69 Å². The lowest BCUT2D eigenvalue weighted by molar-refractivity contribution is -0.113. The van der Waals surface area contributed by atoms with Gasteiger partial charge >= 0.3 is 0 Å². The first-order chi connectivity index (χ1) is 12.0. The van der Waals surface area contributed by atoms with Crippen molar-refractivity contribution in [2.75, 3.05) is 5.32 Å². The van der Waals surface area contributed by atoms with Crippen LogP contribution in [0.1, 0.15) is 24.1 Å². The molecule has 2 aromatic rings. The molecule has 0 aromatic heterocycles. The van der Waals surface area contributed by atoms with Crippen molar-refractivity contribution in [2.24, 2.45) is 0 Å². The number of rotatable bonds is 3. The summed E-state index contributed by atoms with van der Waals surface area (Å²) in [4.78, 5) is 13.0. The number of allylic oxidation sites excluding steroid dienone is 1. The maximum absolute atomic E-state index is 13.0. The maximum Gasteiger partial charge on any atom is 0.255 e. The smallest absolute Gasteiger partial charge is 0.255 e. The van der Waals surface area contributed by atoms with Crippen molar-refractivity contribution in [1.82, 2.24) is 10.6 Å². The molecule has 25 heavy (non-hydrogen) atoms. The summed E-state index contributed by atoms with van der Waals surface area (Å²) in [5.41, 5.74) is 3.94. The summed E-state index contributed by atoms with van der Waals surface area (Å²) >= 11 is 11.3. The molecule has 3 N–H and O–H groups in total. The molecule has 1 aliphatic rings. The van der Waals surface area contributed by atoms with Crippen molar-refractivity contribution < 1.29 is 4.79 Å². The van der Waals surface area contributed by atoms with Crippen LogP contribution >= 0.6 is 23.8 Å². The molecule has 0 saturated heterocycles. The fourth-order valence-electron chi connectivity index (χ4n) is 2.81. The molecule has 0 saturated carbocycles. The predicted molar refractivity (Wildman–Crippen MR) is 106 cm³/mol. The van der Waals surface area contributed by atoms with E-state index in [0.717, 1.165) is 16.8 Å². The summed E-state index contributed by atoms with van der Waals surface area (Å²) < 4.78 is 0. The van der Waals surface area contributed by atoms with Crippen molar-refractivity contribution in [3.8, 4) is 0 Å². The minimum Gasteiger partial charge on any atom is -0.351 e. The van der Waals surface area contributed by atoms with Crippen molar-refractivity contribution >= 4 is 40.5 Å². The topological polar surface area (TPSA) is 53.2 Å². The molecule has 0 spiro atoms. The van der Waals surface area contributed by atoms with Gasteiger partial charge in [0.15, 0.2) is 5.11 Å². The van der Waals surface area contributed by atoms with Gasteiger partial charge in [-0.1, -0.05) is 48.0 Å². The molecule has 1 heterocycles. The quantitative estimate of drug-likeness (QED) is 0.711. The monoisotopic (exact) mass is 371 g/mol. The highest BCUT2D eigenvalue weighted by Gasteiger charge is 2.29. The average molecular weight is 372 g/mol. The van der Waals surface area contributed by atoms with Crippen LogP contribution in [0.5, 0.6) is 0 Å². The molecule has 3 rings (SSSR count). The summed E-state index contributed by atoms with van der Waals surface area (Å²) in [7, 11) is 0. The van der Waals surface area contributed by atoms with Gasteiger partial charge in [0.25, 0.3) is 5.91 Å². The van der Waals surface area contributed by atoms with Crippen molar-refractivity contribution in [3.05, 3.63) is 76.0 Å². The number of hydrogen-bond acceptors (Lipinski definition) is 2. The number of benzene rings is 2. The Balaban J connectivity index is 1.96. The first-order valence-electron chi connectivity index (χ1n) is 7.86. The summed E-state index contributed by atoms with van der Waals surface area (Å²) in [5.74, 6) is -0.195. The lowest BCUT2D eigenvalue weighted by Crippen LogP contribution is -2.45. The van der Waals surface area contributed by atoms with Crippen LogP contribution in [0, 0.1) is 6.92 Å². The van der Waals surface area contributed by atoms with Crippen molar-refractivity contribution in [3.63, 3.8) is 0 Å². The minimum absolute atomic E-state index is 0.195. The SMILES string of the molecule is CC1=C(C(=O)Nc2cc(Cl)ccc2C)[C@@H](c2ccccc2)NC(=S)N1. The van der Waals surface area contributed by atoms with E-state index >= 15 is 0 Å². The van der Waals surface area contributed by atoms with E-state index in [4.69, 9.17) is 23.8 Å². The number of aryl methyl sites for hydroxylation is 1. The van der Waals surface area contributed by atoms with E-state index in [1.807, 2.05) is 50.2 Å². The van der Waals surface area contributed by atoms with Gasteiger partial charge in [-0.2, -0.15) is 0 Å². The van der Waals surface area contributed by atoms with E-state index < -0.39 is 0 Å². The van der Waals surface area contributed by atoms with Crippen LogP contribution in [0.15, 0.2) is 59.8 Å². The zero-order chi connectivity index (χ0) is 18.0. The Morgan fingerprint density at radius 1 is 1.16 bits per heavy atom. The van der Waals surface area contributed by atoms with Gasteiger partial charge in [0.2, 0.25) is 0 Å². The molecule has 4 nitrogen and oxygen atoms in total. The molecule has 1 aliphatic heterocycles. The molecule has 1 amide bonds. The Morgan fingerprint density at radius 3 is 2.60 bits per heavy atom. The zero-order valence-electron chi connectivity index (χ0n) is 13.9. The van der Waals surface area contributed by atoms with Crippen LogP contribution in [-0.4, -0.2) is 11.0 Å². The molecule has 0 fully saturated rings. The van der Waals surface area contributed by atoms with Crippen molar-refractivity contribution in [1.29, 1.82) is 0 Å². The predicted octanol–water partition coefficient (Wildman–Crippen LogP) is 4.08. The molecule has 1 atom stereocenters. The molecule has 6 heteroatoms. The van der Waals surface area contributed by atoms with Gasteiger partial charge in [0.1, 0.15) is 0 Å². The average Bonchev–Trinajstić information content (AvgIpc) is 2.58. The number of carbonyl (C=O) groups excluding carboxylic acids is 1. The Morgan fingerprint density at radius 2 is 1.88 bits per heavy atom. The first-order valence-corrected chi connectivity index (χ1v) is 8.65. The molecular formula is C19H18ClN3OS. The highest BCUT2D eigenvalue weighted by atomic mass is 35.5. The molecule has 0 radical (unpaired) electrons. The van der Waals surface area contributed by atoms with Gasteiger partial charge in [-0.3, -0.25) is 4.79 Å². The Labute approximate surface area is 157 Å². The zero-order valence-corrected chi connectivity index (χ0v) is 15.5. The van der Waals surface area contributed by atoms with E-state index in [1.165, 1.54) is 0 Å². The third kappa shape index (κ3) is 3.83. The second kappa shape index (κ2) is 7.25. The van der Waals surface area contributed by atoms with Gasteiger partial charge in [-0.05, 0) is 49.3 Å². The maximum atomic E-state index is 13.0. The number of carbonyl (C=O) groups is 1. The fourth-order valence-corrected chi connectivity index (χ4v) is 3.25. The van der Waals surface area contributed by atoms with Crippen LogP contribution in [0.2, 0.25) is 5.02 Å². The number of hydrogen-bond donors (Lipinski definition) is 3. The number of anilines is 1. The number of halogens is 1. The third-order valence-corrected chi connectivity index (χ3v) is 4.55. The third-order valence-electron chi connectivity index (χ3n) is 4.09. The van der Waals surface area contributed by atoms with E-state index in [9.17, 15) is 4.79 Å². The fraction of sp³-hybridized carbons (Fsp3) is 0.158. The van der Waals surface area contributed by atoms with Crippen LogP contribution < -0.4 is 16.0 Å². The molecule has 2 aromatic carbocycles. The highest BCUT2D eigenvalue weighted by molar-refractivity contribution is 7.80. The molecule has 128 valence electrons. The molecular weight excluding hydrogens is 354 g/mol. The van der Waals surface area contributed by atoms with Gasteiger partial charge in [-0.25, -0.2) is 0 Å². The lowest BCUT2D eigenvalue weighted by Gasteiger charge is -2.30. The molecule has 0 unspecified atom stereocenters. The van der Waals surface area contributed by atoms with Gasteiger partial charge < -0.3 is 16.0 Å². The Kier molecular flexibility index (Phi) is 5.06. The standard InChI is InChI=1S/C19H18ClN3OS/c1-11-8-9-14(20)10-15(11)22-18(24)16-12(2)21-19(25)23-17(16)13-6-4-3-5-7-13/h3-10,17H,1-2H3,(H,22,24)(H2,21,23,25)/t17-/m1/s1. The van der Waals surface area contributed by atoms with Crippen LogP contribution in [0.3, 0.4) is 0 Å². The summed E-state index contributed by atoms with van der Waals surface area (Å²) in [5, 5.41) is 10.3. The number of nitrogens with one attached hydrogen (secondary N) is 3. The van der Waals surface area contributed by atoms with E-state index in [-0.39, 0.29) is 11.9 Å². The number of amides is 1. The van der Waals surface area contributed by atoms with Crippen LogP contribution in [-0.2, 0) is 4.79 Å². The normalized spacial score (nSPS) is 16.9. The van der Waals surface area contributed by atoms with Crippen LogP contribution in [0.25, 0.3) is 0 Å². The molecule has 0 bridgehead atoms. The Bertz CT molecular complexity index is 864. The van der Waals surface area contributed by atoms with E-state index in [1.54, 1.807) is 12.1 Å². The number of thiocarbonyl (C=S) groups is 1. The van der Waals surface area contributed by atoms with Gasteiger partial charge in [0.05, 0.1) is 11.6 Å². The largest absolute Gasteiger partial charge is 0.351 e. The molecule has 0 aliphatic carbocycles. The highest BCUT2D eigenvalue weighted by Crippen LogP contribution is 2.28. The summed E-state index contributed by atoms with van der Waals surface area (Å²) in [6.07, 6.45) is 0. The van der Waals surface area contributed by atoms with E-state index in [2.05, 4.69) is 16.0 Å². The Hall–Kier alpha value is -2.37. The second-order valence-corrected chi connectivity index (χ2v) is 6.74. The first kappa shape index (κ1) is 17.5. The van der Waals surface area contributed by atoms with Crippen molar-refractivity contribution in [2.45, 2.75) is 19.9 Å². The second-order valence-electron chi connectivity index (χ2n) is 5.89. The minimum atomic E-state index is -0.311.